The van der Waals surface area contributed by atoms with E-state index in [4.69, 9.17) is 14.2 Å². The molecule has 21 heavy (non-hydrogen) atoms. The minimum atomic E-state index is -0.0964. The van der Waals surface area contributed by atoms with Gasteiger partial charge in [-0.1, -0.05) is 0 Å². The van der Waals surface area contributed by atoms with Crippen LogP contribution in [0.25, 0.3) is 0 Å². The van der Waals surface area contributed by atoms with E-state index >= 15 is 0 Å². The maximum atomic E-state index is 11.6. The lowest BCUT2D eigenvalue weighted by molar-refractivity contribution is -0.115. The van der Waals surface area contributed by atoms with E-state index in [0.29, 0.717) is 19.6 Å². The predicted octanol–water partition coefficient (Wildman–Crippen LogP) is 2.42. The van der Waals surface area contributed by atoms with Gasteiger partial charge >= 0.3 is 0 Å². The number of hydrogen-bond acceptors (Lipinski definition) is 5. The van der Waals surface area contributed by atoms with Gasteiger partial charge in [0.25, 0.3) is 0 Å². The van der Waals surface area contributed by atoms with E-state index < -0.39 is 0 Å². The Labute approximate surface area is 130 Å². The maximum Gasteiger partial charge on any atom is 0.225 e. The Morgan fingerprint density at radius 1 is 1.24 bits per heavy atom. The monoisotopic (exact) mass is 313 g/mol. The largest absolute Gasteiger partial charge is 0.491 e. The standard InChI is InChI=1S/C15H23NO4S/c1-18-10-14(19-2)11-20-13-6-4-12(5-7-13)16-15(17)8-9-21-3/h4-7,14H,8-11H2,1-3H3,(H,16,17). The quantitative estimate of drug-likeness (QED) is 0.719. The van der Waals surface area contributed by atoms with E-state index in [1.165, 1.54) is 0 Å². The summed E-state index contributed by atoms with van der Waals surface area (Å²) >= 11 is 1.66. The summed E-state index contributed by atoms with van der Waals surface area (Å²) in [7, 11) is 3.25. The topological polar surface area (TPSA) is 56.8 Å². The minimum absolute atomic E-state index is 0.0255. The van der Waals surface area contributed by atoms with Crippen LogP contribution in [0.4, 0.5) is 5.69 Å². The van der Waals surface area contributed by atoms with Crippen LogP contribution in [0.2, 0.25) is 0 Å². The number of amides is 1. The summed E-state index contributed by atoms with van der Waals surface area (Å²) in [5.41, 5.74) is 0.772. The third kappa shape index (κ3) is 7.36. The Hall–Kier alpha value is -1.24. The van der Waals surface area contributed by atoms with Crippen molar-refractivity contribution < 1.29 is 19.0 Å². The van der Waals surface area contributed by atoms with Gasteiger partial charge in [0.2, 0.25) is 5.91 Å². The molecule has 0 saturated carbocycles. The van der Waals surface area contributed by atoms with Gasteiger partial charge in [0, 0.05) is 32.1 Å². The number of benzene rings is 1. The number of carbonyl (C=O) groups is 1. The van der Waals surface area contributed by atoms with Crippen LogP contribution in [0.1, 0.15) is 6.42 Å². The molecule has 1 N–H and O–H groups in total. The van der Waals surface area contributed by atoms with Gasteiger partial charge in [-0.05, 0) is 30.5 Å². The lowest BCUT2D eigenvalue weighted by Crippen LogP contribution is -2.25. The second kappa shape index (κ2) is 10.5. The lowest BCUT2D eigenvalue weighted by Gasteiger charge is -2.15. The van der Waals surface area contributed by atoms with E-state index in [2.05, 4.69) is 5.32 Å². The highest BCUT2D eigenvalue weighted by molar-refractivity contribution is 7.98. The first-order chi connectivity index (χ1) is 10.2. The zero-order valence-corrected chi connectivity index (χ0v) is 13.6. The van der Waals surface area contributed by atoms with Crippen LogP contribution in [0.5, 0.6) is 5.75 Å². The average Bonchev–Trinajstić information content (AvgIpc) is 2.50. The Kier molecular flexibility index (Phi) is 8.89. The number of thioether (sulfide) groups is 1. The first kappa shape index (κ1) is 17.8. The molecule has 1 amide bonds. The van der Waals surface area contributed by atoms with Gasteiger partial charge in [-0.3, -0.25) is 4.79 Å². The molecule has 6 heteroatoms. The fourth-order valence-electron chi connectivity index (χ4n) is 1.61. The molecule has 0 aliphatic heterocycles. The van der Waals surface area contributed by atoms with Gasteiger partial charge in [-0.2, -0.15) is 11.8 Å². The van der Waals surface area contributed by atoms with Gasteiger partial charge in [0.1, 0.15) is 18.5 Å². The molecule has 0 bridgehead atoms. The maximum absolute atomic E-state index is 11.6. The van der Waals surface area contributed by atoms with E-state index in [-0.39, 0.29) is 12.0 Å². The van der Waals surface area contributed by atoms with E-state index in [9.17, 15) is 4.79 Å². The number of hydrogen-bond donors (Lipinski definition) is 1. The second-order valence-corrected chi connectivity index (χ2v) is 5.43. The Bertz CT molecular complexity index is 411. The van der Waals surface area contributed by atoms with Crippen LogP contribution in [-0.2, 0) is 14.3 Å². The Balaban J connectivity index is 2.41. The number of methoxy groups -OCH3 is 2. The van der Waals surface area contributed by atoms with Gasteiger partial charge < -0.3 is 19.5 Å². The van der Waals surface area contributed by atoms with Crippen molar-refractivity contribution in [3.8, 4) is 5.75 Å². The molecule has 1 unspecified atom stereocenters. The minimum Gasteiger partial charge on any atom is -0.491 e. The summed E-state index contributed by atoms with van der Waals surface area (Å²) < 4.78 is 15.9. The molecule has 118 valence electrons. The molecule has 1 aromatic rings. The van der Waals surface area contributed by atoms with Crippen molar-refractivity contribution >= 4 is 23.4 Å². The van der Waals surface area contributed by atoms with Crippen molar-refractivity contribution in [3.05, 3.63) is 24.3 Å². The highest BCUT2D eigenvalue weighted by atomic mass is 32.2. The SMILES string of the molecule is COCC(COc1ccc(NC(=O)CCSC)cc1)OC. The summed E-state index contributed by atoms with van der Waals surface area (Å²) in [4.78, 5) is 11.6. The van der Waals surface area contributed by atoms with Gasteiger partial charge in [-0.15, -0.1) is 0 Å². The van der Waals surface area contributed by atoms with Crippen molar-refractivity contribution in [3.63, 3.8) is 0 Å². The fraction of sp³-hybridized carbons (Fsp3) is 0.533. The van der Waals surface area contributed by atoms with Crippen molar-refractivity contribution in [1.29, 1.82) is 0 Å². The molecule has 0 spiro atoms. The van der Waals surface area contributed by atoms with Crippen molar-refractivity contribution in [2.24, 2.45) is 0 Å². The van der Waals surface area contributed by atoms with Crippen LogP contribution in [0.3, 0.4) is 0 Å². The average molecular weight is 313 g/mol. The van der Waals surface area contributed by atoms with Crippen LogP contribution >= 0.6 is 11.8 Å². The number of rotatable bonds is 10. The van der Waals surface area contributed by atoms with E-state index in [0.717, 1.165) is 17.2 Å². The van der Waals surface area contributed by atoms with Gasteiger partial charge in [-0.25, -0.2) is 0 Å². The molecule has 0 saturated heterocycles. The van der Waals surface area contributed by atoms with Gasteiger partial charge in [0.05, 0.1) is 6.61 Å². The van der Waals surface area contributed by atoms with E-state index in [1.807, 2.05) is 30.5 Å². The molecule has 1 atom stereocenters. The third-order valence-electron chi connectivity index (χ3n) is 2.79. The van der Waals surface area contributed by atoms with Gasteiger partial charge in [0.15, 0.2) is 0 Å². The van der Waals surface area contributed by atoms with Crippen LogP contribution in [0, 0.1) is 0 Å². The number of ether oxygens (including phenoxy) is 3. The van der Waals surface area contributed by atoms with Crippen molar-refractivity contribution in [2.45, 2.75) is 12.5 Å². The third-order valence-corrected chi connectivity index (χ3v) is 3.41. The van der Waals surface area contributed by atoms with Crippen LogP contribution in [-0.4, -0.2) is 51.5 Å². The number of carbonyl (C=O) groups excluding carboxylic acids is 1. The molecule has 0 radical (unpaired) electrons. The van der Waals surface area contributed by atoms with Crippen LogP contribution in [0.15, 0.2) is 24.3 Å². The molecule has 1 aromatic carbocycles. The summed E-state index contributed by atoms with van der Waals surface area (Å²) in [5, 5.41) is 2.85. The Morgan fingerprint density at radius 3 is 2.52 bits per heavy atom. The zero-order chi connectivity index (χ0) is 15.5. The second-order valence-electron chi connectivity index (χ2n) is 4.44. The lowest BCUT2D eigenvalue weighted by atomic mass is 10.3. The highest BCUT2D eigenvalue weighted by Gasteiger charge is 2.08. The molecular formula is C15H23NO4S. The van der Waals surface area contributed by atoms with Crippen molar-refractivity contribution in [2.75, 3.05) is 44.8 Å². The predicted molar refractivity (Wildman–Crippen MR) is 86.2 cm³/mol. The first-order valence-corrected chi connectivity index (χ1v) is 8.12. The molecule has 5 nitrogen and oxygen atoms in total. The normalized spacial score (nSPS) is 12.0. The number of anilines is 1. The molecular weight excluding hydrogens is 290 g/mol. The summed E-state index contributed by atoms with van der Waals surface area (Å²) in [5.74, 6) is 1.58. The summed E-state index contributed by atoms with van der Waals surface area (Å²) in [6.45, 7) is 0.907. The van der Waals surface area contributed by atoms with Crippen LogP contribution < -0.4 is 10.1 Å². The van der Waals surface area contributed by atoms with E-state index in [1.54, 1.807) is 26.0 Å². The molecule has 0 aromatic heterocycles. The molecule has 0 aliphatic rings. The molecule has 0 fully saturated rings. The fourth-order valence-corrected chi connectivity index (χ4v) is 2.00. The zero-order valence-electron chi connectivity index (χ0n) is 12.8. The Morgan fingerprint density at radius 2 is 1.95 bits per heavy atom. The number of nitrogens with one attached hydrogen (secondary N) is 1. The highest BCUT2D eigenvalue weighted by Crippen LogP contribution is 2.16. The summed E-state index contributed by atoms with van der Waals surface area (Å²) in [6, 6.07) is 7.29. The molecule has 1 rings (SSSR count). The molecule has 0 aliphatic carbocycles. The summed E-state index contributed by atoms with van der Waals surface area (Å²) in [6.07, 6.45) is 2.41. The molecule has 0 heterocycles. The van der Waals surface area contributed by atoms with Crippen molar-refractivity contribution in [1.82, 2.24) is 0 Å². The first-order valence-electron chi connectivity index (χ1n) is 6.73. The smallest absolute Gasteiger partial charge is 0.225 e.